The third-order valence-electron chi connectivity index (χ3n) is 4.22. The molecule has 142 valence electrons. The van der Waals surface area contributed by atoms with Crippen LogP contribution in [0.2, 0.25) is 0 Å². The number of rotatable bonds is 7. The van der Waals surface area contributed by atoms with Crippen LogP contribution in [-0.4, -0.2) is 30.4 Å². The lowest BCUT2D eigenvalue weighted by molar-refractivity contribution is -0.125. The van der Waals surface area contributed by atoms with Crippen molar-refractivity contribution < 1.29 is 14.4 Å². The molecule has 5 N–H and O–H groups in total. The second-order valence-corrected chi connectivity index (χ2v) is 6.26. The molecule has 2 rings (SSSR count). The van der Waals surface area contributed by atoms with E-state index < -0.39 is 18.0 Å². The van der Waals surface area contributed by atoms with Crippen molar-refractivity contribution >= 4 is 23.5 Å². The summed E-state index contributed by atoms with van der Waals surface area (Å²) in [5.74, 6) is -0.830. The van der Waals surface area contributed by atoms with E-state index >= 15 is 0 Å². The fraction of sp³-hybridized carbons (Fsp3) is 0.250. The predicted octanol–water partition coefficient (Wildman–Crippen LogP) is 1.64. The Morgan fingerprint density at radius 1 is 1.00 bits per heavy atom. The molecule has 0 aliphatic heterocycles. The van der Waals surface area contributed by atoms with Crippen molar-refractivity contribution in [2.75, 3.05) is 11.9 Å². The molecular weight excluding hydrogens is 344 g/mol. The molecule has 1 atom stereocenters. The highest BCUT2D eigenvalue weighted by Crippen LogP contribution is 2.17. The molecule has 0 aliphatic rings. The fourth-order valence-corrected chi connectivity index (χ4v) is 2.60. The van der Waals surface area contributed by atoms with Crippen LogP contribution < -0.4 is 21.7 Å². The molecule has 7 nitrogen and oxygen atoms in total. The van der Waals surface area contributed by atoms with Gasteiger partial charge in [0.05, 0.1) is 6.54 Å². The molecule has 27 heavy (non-hydrogen) atoms. The van der Waals surface area contributed by atoms with Gasteiger partial charge in [0.25, 0.3) is 0 Å². The van der Waals surface area contributed by atoms with E-state index in [1.54, 1.807) is 6.07 Å². The maximum absolute atomic E-state index is 12.4. The number of aryl methyl sites for hydroxylation is 1. The van der Waals surface area contributed by atoms with Crippen LogP contribution in [-0.2, 0) is 16.0 Å². The first kappa shape index (κ1) is 20.0. The molecule has 2 aromatic rings. The maximum atomic E-state index is 12.4. The van der Waals surface area contributed by atoms with Gasteiger partial charge in [-0.2, -0.15) is 0 Å². The zero-order valence-electron chi connectivity index (χ0n) is 15.4. The average molecular weight is 368 g/mol. The lowest BCUT2D eigenvalue weighted by Gasteiger charge is -2.17. The second kappa shape index (κ2) is 9.38. The Kier molecular flexibility index (Phi) is 6.93. The number of carbonyl (C=O) groups excluding carboxylic acids is 3. The second-order valence-electron chi connectivity index (χ2n) is 6.26. The van der Waals surface area contributed by atoms with Crippen molar-refractivity contribution in [1.29, 1.82) is 0 Å². The van der Waals surface area contributed by atoms with Crippen LogP contribution in [0.1, 0.15) is 16.7 Å². The third-order valence-corrected chi connectivity index (χ3v) is 4.22. The molecule has 0 unspecified atom stereocenters. The van der Waals surface area contributed by atoms with Gasteiger partial charge in [0, 0.05) is 12.1 Å². The average Bonchev–Trinajstić information content (AvgIpc) is 2.63. The van der Waals surface area contributed by atoms with Gasteiger partial charge in [-0.05, 0) is 36.6 Å². The van der Waals surface area contributed by atoms with Gasteiger partial charge in [-0.25, -0.2) is 4.79 Å². The van der Waals surface area contributed by atoms with Crippen LogP contribution in [0.25, 0.3) is 0 Å². The number of nitrogens with one attached hydrogen (secondary N) is 3. The minimum atomic E-state index is -0.863. The number of primary amides is 1. The highest BCUT2D eigenvalue weighted by Gasteiger charge is 2.21. The van der Waals surface area contributed by atoms with Crippen molar-refractivity contribution in [1.82, 2.24) is 10.6 Å². The lowest BCUT2D eigenvalue weighted by Crippen LogP contribution is -2.51. The zero-order chi connectivity index (χ0) is 19.8. The molecule has 0 spiro atoms. The number of hydrogen-bond acceptors (Lipinski definition) is 3. The van der Waals surface area contributed by atoms with Gasteiger partial charge in [-0.3, -0.25) is 9.59 Å². The van der Waals surface area contributed by atoms with Crippen LogP contribution in [0.5, 0.6) is 0 Å². The van der Waals surface area contributed by atoms with E-state index in [0.717, 1.165) is 16.7 Å². The summed E-state index contributed by atoms with van der Waals surface area (Å²) in [7, 11) is 0. The van der Waals surface area contributed by atoms with E-state index in [0.29, 0.717) is 5.69 Å². The summed E-state index contributed by atoms with van der Waals surface area (Å²) in [5, 5.41) is 7.72. The first-order valence-corrected chi connectivity index (χ1v) is 8.60. The zero-order valence-corrected chi connectivity index (χ0v) is 15.4. The van der Waals surface area contributed by atoms with Crippen LogP contribution in [0.4, 0.5) is 10.5 Å². The number of benzene rings is 2. The van der Waals surface area contributed by atoms with E-state index in [1.807, 2.05) is 56.3 Å². The van der Waals surface area contributed by atoms with Crippen LogP contribution in [0.3, 0.4) is 0 Å². The lowest BCUT2D eigenvalue weighted by atomic mass is 10.1. The van der Waals surface area contributed by atoms with Crippen molar-refractivity contribution in [3.8, 4) is 0 Å². The Morgan fingerprint density at radius 2 is 1.70 bits per heavy atom. The van der Waals surface area contributed by atoms with Gasteiger partial charge in [0.2, 0.25) is 11.8 Å². The summed E-state index contributed by atoms with van der Waals surface area (Å²) in [6.07, 6.45) is 0.272. The highest BCUT2D eigenvalue weighted by molar-refractivity contribution is 5.96. The summed E-state index contributed by atoms with van der Waals surface area (Å²) in [6, 6.07) is 13.2. The number of urea groups is 1. The molecule has 4 amide bonds. The quantitative estimate of drug-likeness (QED) is 0.596. The normalized spacial score (nSPS) is 11.3. The van der Waals surface area contributed by atoms with Crippen LogP contribution in [0.15, 0.2) is 48.5 Å². The van der Waals surface area contributed by atoms with Crippen molar-refractivity contribution in [3.63, 3.8) is 0 Å². The summed E-state index contributed by atoms with van der Waals surface area (Å²) >= 11 is 0. The van der Waals surface area contributed by atoms with E-state index in [1.165, 1.54) is 0 Å². The molecular formula is C20H24N4O3. The Hall–Kier alpha value is -3.35. The third kappa shape index (κ3) is 6.14. The first-order valence-electron chi connectivity index (χ1n) is 8.60. The van der Waals surface area contributed by atoms with Crippen molar-refractivity contribution in [2.24, 2.45) is 5.73 Å². The van der Waals surface area contributed by atoms with E-state index in [4.69, 9.17) is 5.73 Å². The SMILES string of the molecule is Cc1cccc(NC(=O)CNC(=O)[C@@H](Cc2ccccc2)NC(N)=O)c1C. The molecule has 0 bridgehead atoms. The summed E-state index contributed by atoms with van der Waals surface area (Å²) in [5.41, 5.74) is 8.76. The molecule has 0 aromatic heterocycles. The predicted molar refractivity (Wildman–Crippen MR) is 104 cm³/mol. The van der Waals surface area contributed by atoms with Crippen LogP contribution in [0, 0.1) is 13.8 Å². The van der Waals surface area contributed by atoms with Gasteiger partial charge >= 0.3 is 6.03 Å². The van der Waals surface area contributed by atoms with Gasteiger partial charge in [0.1, 0.15) is 6.04 Å². The highest BCUT2D eigenvalue weighted by atomic mass is 16.2. The smallest absolute Gasteiger partial charge is 0.312 e. The molecule has 7 heteroatoms. The molecule has 0 heterocycles. The van der Waals surface area contributed by atoms with E-state index in [-0.39, 0.29) is 18.9 Å². The Balaban J connectivity index is 1.94. The van der Waals surface area contributed by atoms with E-state index in [9.17, 15) is 14.4 Å². The Bertz CT molecular complexity index is 821. The number of anilines is 1. The van der Waals surface area contributed by atoms with E-state index in [2.05, 4.69) is 16.0 Å². The molecule has 0 radical (unpaired) electrons. The molecule has 0 saturated carbocycles. The largest absolute Gasteiger partial charge is 0.352 e. The van der Waals surface area contributed by atoms with Gasteiger partial charge in [-0.15, -0.1) is 0 Å². The minimum absolute atomic E-state index is 0.210. The monoisotopic (exact) mass is 368 g/mol. The summed E-state index contributed by atoms with van der Waals surface area (Å²) in [6.45, 7) is 3.66. The number of amides is 4. The summed E-state index contributed by atoms with van der Waals surface area (Å²) < 4.78 is 0. The Labute approximate surface area is 158 Å². The molecule has 2 aromatic carbocycles. The fourth-order valence-electron chi connectivity index (χ4n) is 2.60. The molecule has 0 aliphatic carbocycles. The standard InChI is InChI=1S/C20H24N4O3/c1-13-7-6-10-16(14(13)2)23-18(25)12-22-19(26)17(24-20(21)27)11-15-8-4-3-5-9-15/h3-10,17H,11-12H2,1-2H3,(H,22,26)(H,23,25)(H3,21,24,27)/t17-/m1/s1. The van der Waals surface area contributed by atoms with Gasteiger partial charge in [0.15, 0.2) is 0 Å². The topological polar surface area (TPSA) is 113 Å². The number of hydrogen-bond donors (Lipinski definition) is 4. The first-order chi connectivity index (χ1) is 12.9. The minimum Gasteiger partial charge on any atom is -0.352 e. The van der Waals surface area contributed by atoms with Crippen molar-refractivity contribution in [3.05, 3.63) is 65.2 Å². The Morgan fingerprint density at radius 3 is 2.37 bits per heavy atom. The van der Waals surface area contributed by atoms with Crippen molar-refractivity contribution in [2.45, 2.75) is 26.3 Å². The summed E-state index contributed by atoms with van der Waals surface area (Å²) in [4.78, 5) is 35.8. The number of nitrogens with two attached hydrogens (primary N) is 1. The van der Waals surface area contributed by atoms with Gasteiger partial charge in [-0.1, -0.05) is 42.5 Å². The van der Waals surface area contributed by atoms with Gasteiger partial charge < -0.3 is 21.7 Å². The molecule has 0 saturated heterocycles. The van der Waals surface area contributed by atoms with Crippen LogP contribution >= 0.6 is 0 Å². The number of carbonyl (C=O) groups is 3. The maximum Gasteiger partial charge on any atom is 0.312 e. The molecule has 0 fully saturated rings.